The van der Waals surface area contributed by atoms with E-state index in [-0.39, 0.29) is 6.04 Å². The van der Waals surface area contributed by atoms with Crippen LogP contribution in [0.2, 0.25) is 0 Å². The first kappa shape index (κ1) is 14.3. The summed E-state index contributed by atoms with van der Waals surface area (Å²) in [5, 5.41) is 7.55. The molecule has 0 unspecified atom stereocenters. The Morgan fingerprint density at radius 1 is 1.20 bits per heavy atom. The zero-order valence-electron chi connectivity index (χ0n) is 14.1. The lowest BCUT2D eigenvalue weighted by Crippen LogP contribution is -2.36. The van der Waals surface area contributed by atoms with E-state index in [1.54, 1.807) is 0 Å². The Balaban J connectivity index is 1.66. The summed E-state index contributed by atoms with van der Waals surface area (Å²) in [6.45, 7) is 5.20. The van der Waals surface area contributed by atoms with Crippen molar-refractivity contribution in [1.29, 1.82) is 0 Å². The van der Waals surface area contributed by atoms with Gasteiger partial charge in [0.15, 0.2) is 5.75 Å². The number of benzene rings is 1. The first-order chi connectivity index (χ1) is 12.2. The highest BCUT2D eigenvalue weighted by atomic mass is 16.5. The molecule has 0 saturated heterocycles. The van der Waals surface area contributed by atoms with Gasteiger partial charge in [0, 0.05) is 11.8 Å². The number of nitrogens with zero attached hydrogens (tertiary/aromatic N) is 3. The fourth-order valence-corrected chi connectivity index (χ4v) is 3.80. The van der Waals surface area contributed by atoms with Gasteiger partial charge in [-0.2, -0.15) is 0 Å². The lowest BCUT2D eigenvalue weighted by Gasteiger charge is -2.35. The van der Waals surface area contributed by atoms with Gasteiger partial charge in [-0.3, -0.25) is 4.98 Å². The molecule has 2 aromatic heterocycles. The van der Waals surface area contributed by atoms with Crippen LogP contribution in [0.1, 0.15) is 23.2 Å². The first-order valence-electron chi connectivity index (χ1n) is 8.38. The maximum absolute atomic E-state index is 6.26. The van der Waals surface area contributed by atoms with Gasteiger partial charge in [0.2, 0.25) is 0 Å². The Morgan fingerprint density at radius 3 is 2.88 bits per heavy atom. The number of ether oxygens (including phenoxy) is 1. The predicted octanol–water partition coefficient (Wildman–Crippen LogP) is 3.68. The minimum absolute atomic E-state index is 0.0994. The fraction of sp³-hybridized carbons (Fsp3) is 0.263. The van der Waals surface area contributed by atoms with Gasteiger partial charge < -0.3 is 19.5 Å². The van der Waals surface area contributed by atoms with Gasteiger partial charge in [-0.05, 0) is 38.1 Å². The predicted molar refractivity (Wildman–Crippen MR) is 94.9 cm³/mol. The van der Waals surface area contributed by atoms with Crippen molar-refractivity contribution in [2.24, 2.45) is 0 Å². The Labute approximate surface area is 145 Å². The summed E-state index contributed by atoms with van der Waals surface area (Å²) in [4.78, 5) is 6.85. The van der Waals surface area contributed by atoms with Crippen LogP contribution >= 0.6 is 0 Å². The molecule has 2 aliphatic heterocycles. The number of anilines is 2. The van der Waals surface area contributed by atoms with Crippen molar-refractivity contribution in [1.82, 2.24) is 10.1 Å². The Hall–Kier alpha value is -3.02. The minimum atomic E-state index is 0.0994. The third-order valence-corrected chi connectivity index (χ3v) is 4.95. The lowest BCUT2D eigenvalue weighted by atomic mass is 9.99. The Kier molecular flexibility index (Phi) is 3.00. The molecule has 4 heterocycles. The van der Waals surface area contributed by atoms with Crippen LogP contribution in [0.3, 0.4) is 0 Å². The van der Waals surface area contributed by atoms with E-state index in [2.05, 4.69) is 38.6 Å². The van der Waals surface area contributed by atoms with E-state index in [9.17, 15) is 0 Å². The molecule has 3 aromatic rings. The largest absolute Gasteiger partial charge is 0.488 e. The summed E-state index contributed by atoms with van der Waals surface area (Å²) >= 11 is 0. The Morgan fingerprint density at radius 2 is 2.12 bits per heavy atom. The van der Waals surface area contributed by atoms with E-state index in [1.807, 2.05) is 32.2 Å². The zero-order valence-corrected chi connectivity index (χ0v) is 14.1. The number of aromatic nitrogens is 2. The molecule has 25 heavy (non-hydrogen) atoms. The molecule has 0 saturated carbocycles. The van der Waals surface area contributed by atoms with Crippen LogP contribution in [0.25, 0.3) is 11.1 Å². The topological polar surface area (TPSA) is 63.4 Å². The van der Waals surface area contributed by atoms with Crippen molar-refractivity contribution >= 4 is 11.4 Å². The van der Waals surface area contributed by atoms with Crippen molar-refractivity contribution in [2.45, 2.75) is 19.9 Å². The molecular formula is C19H18N4O2. The molecule has 0 radical (unpaired) electrons. The first-order valence-corrected chi connectivity index (χ1v) is 8.38. The molecule has 0 bridgehead atoms. The Bertz CT molecular complexity index is 932. The second-order valence-electron chi connectivity index (χ2n) is 6.42. The summed E-state index contributed by atoms with van der Waals surface area (Å²) in [5.74, 6) is 1.70. The van der Waals surface area contributed by atoms with Crippen LogP contribution in [0.15, 0.2) is 41.1 Å². The van der Waals surface area contributed by atoms with E-state index >= 15 is 0 Å². The van der Waals surface area contributed by atoms with Crippen LogP contribution in [0.5, 0.6) is 5.75 Å². The fourth-order valence-electron chi connectivity index (χ4n) is 3.80. The van der Waals surface area contributed by atoms with Gasteiger partial charge in [-0.15, -0.1) is 0 Å². The van der Waals surface area contributed by atoms with E-state index < -0.39 is 0 Å². The van der Waals surface area contributed by atoms with Gasteiger partial charge in [-0.25, -0.2) is 0 Å². The number of pyridine rings is 1. The van der Waals surface area contributed by atoms with Gasteiger partial charge >= 0.3 is 0 Å². The summed E-state index contributed by atoms with van der Waals surface area (Å²) < 4.78 is 11.6. The minimum Gasteiger partial charge on any atom is -0.488 e. The highest BCUT2D eigenvalue weighted by molar-refractivity contribution is 5.91. The number of aryl methyl sites for hydroxylation is 2. The molecule has 1 N–H and O–H groups in total. The van der Waals surface area contributed by atoms with Crippen molar-refractivity contribution in [3.05, 3.63) is 53.7 Å². The molecule has 1 atom stereocenters. The molecular weight excluding hydrogens is 316 g/mol. The third-order valence-electron chi connectivity index (χ3n) is 4.95. The van der Waals surface area contributed by atoms with Crippen LogP contribution in [0.4, 0.5) is 11.4 Å². The lowest BCUT2D eigenvalue weighted by molar-refractivity contribution is 0.266. The van der Waals surface area contributed by atoms with Crippen molar-refractivity contribution in [3.8, 4) is 16.9 Å². The summed E-state index contributed by atoms with van der Waals surface area (Å²) in [7, 11) is 0. The highest BCUT2D eigenvalue weighted by Gasteiger charge is 2.37. The second kappa shape index (κ2) is 5.24. The van der Waals surface area contributed by atoms with Crippen LogP contribution in [-0.2, 0) is 0 Å². The van der Waals surface area contributed by atoms with Crippen molar-refractivity contribution in [3.63, 3.8) is 0 Å². The molecule has 6 heteroatoms. The average molecular weight is 334 g/mol. The van der Waals surface area contributed by atoms with Gasteiger partial charge in [0.05, 0.1) is 29.3 Å². The van der Waals surface area contributed by atoms with Crippen LogP contribution in [-0.4, -0.2) is 23.4 Å². The average Bonchev–Trinajstić information content (AvgIpc) is 3.22. The second-order valence-corrected chi connectivity index (χ2v) is 6.42. The number of nitrogens with one attached hydrogen (secondary N) is 1. The van der Waals surface area contributed by atoms with Gasteiger partial charge in [-0.1, -0.05) is 11.2 Å². The molecule has 0 spiro atoms. The van der Waals surface area contributed by atoms with E-state index in [0.29, 0.717) is 6.61 Å². The standard InChI is InChI=1S/C19H18N4O2/c1-11-17(12(2)25-22-11)13-6-7-15-18-19(13)24-9-16(23(18)10-21-15)14-5-3-4-8-20-14/h3-8,16,21H,9-10H2,1-2H3/t16-/m1/s1. The molecule has 126 valence electrons. The molecule has 0 fully saturated rings. The van der Waals surface area contributed by atoms with Crippen molar-refractivity contribution in [2.75, 3.05) is 23.5 Å². The highest BCUT2D eigenvalue weighted by Crippen LogP contribution is 2.52. The van der Waals surface area contributed by atoms with Gasteiger partial charge in [0.25, 0.3) is 0 Å². The third kappa shape index (κ3) is 2.03. The van der Waals surface area contributed by atoms with Crippen LogP contribution in [0, 0.1) is 13.8 Å². The number of rotatable bonds is 2. The zero-order chi connectivity index (χ0) is 17.0. The number of hydrogen-bond acceptors (Lipinski definition) is 6. The van der Waals surface area contributed by atoms with E-state index in [0.717, 1.165) is 52.1 Å². The SMILES string of the molecule is Cc1noc(C)c1-c1ccc2c3c1OC[C@H](c1ccccn1)N3CN2. The normalized spacial score (nSPS) is 17.8. The quantitative estimate of drug-likeness (QED) is 0.771. The smallest absolute Gasteiger partial charge is 0.152 e. The summed E-state index contributed by atoms with van der Waals surface area (Å²) in [6.07, 6.45) is 1.83. The maximum atomic E-state index is 6.26. The van der Waals surface area contributed by atoms with E-state index in [1.165, 1.54) is 0 Å². The molecule has 6 nitrogen and oxygen atoms in total. The van der Waals surface area contributed by atoms with Crippen LogP contribution < -0.4 is 15.0 Å². The monoisotopic (exact) mass is 334 g/mol. The molecule has 2 aliphatic rings. The van der Waals surface area contributed by atoms with E-state index in [4.69, 9.17) is 9.26 Å². The maximum Gasteiger partial charge on any atom is 0.152 e. The summed E-state index contributed by atoms with van der Waals surface area (Å²) in [6, 6.07) is 10.3. The van der Waals surface area contributed by atoms with Gasteiger partial charge in [0.1, 0.15) is 24.1 Å². The van der Waals surface area contributed by atoms with Crippen molar-refractivity contribution < 1.29 is 9.26 Å². The number of hydrogen-bond donors (Lipinski definition) is 1. The molecule has 1 aromatic carbocycles. The molecule has 0 aliphatic carbocycles. The molecule has 0 amide bonds. The molecule has 5 rings (SSSR count). The summed E-state index contributed by atoms with van der Waals surface area (Å²) in [5.41, 5.74) is 6.13.